The predicted octanol–water partition coefficient (Wildman–Crippen LogP) is 2.22. The number of halogens is 1. The first-order valence-corrected chi connectivity index (χ1v) is 8.10. The van der Waals surface area contributed by atoms with E-state index in [0.717, 1.165) is 5.56 Å². The summed E-state index contributed by atoms with van der Waals surface area (Å²) in [5.74, 6) is -0.730. The van der Waals surface area contributed by atoms with Crippen LogP contribution in [-0.2, 0) is 4.79 Å². The molecule has 130 valence electrons. The van der Waals surface area contributed by atoms with Crippen LogP contribution >= 0.6 is 0 Å². The van der Waals surface area contributed by atoms with Crippen molar-refractivity contribution in [2.45, 2.75) is 19.5 Å². The van der Waals surface area contributed by atoms with E-state index in [1.54, 1.807) is 18.2 Å². The van der Waals surface area contributed by atoms with Gasteiger partial charge in [-0.2, -0.15) is 0 Å². The fourth-order valence-corrected chi connectivity index (χ4v) is 2.48. The molecule has 0 spiro atoms. The maximum Gasteiger partial charge on any atom is 0.254 e. The van der Waals surface area contributed by atoms with Crippen molar-refractivity contribution in [3.05, 3.63) is 53.9 Å². The topological polar surface area (TPSA) is 75.2 Å². The standard InChI is InChI=1S/C18H19FN4O2/c1-12-3-5-13(6-4-12)17(25)23(10-14-9-15(14)19)11-16(24)22-18-20-7-2-8-21-18/h2-8,14-15H,9-11H2,1H3,(H,20,21,22,24). The number of alkyl halides is 1. The maximum atomic E-state index is 13.3. The van der Waals surface area contributed by atoms with Crippen molar-refractivity contribution in [2.75, 3.05) is 18.4 Å². The molecule has 2 atom stereocenters. The van der Waals surface area contributed by atoms with Crippen LogP contribution in [-0.4, -0.2) is 45.9 Å². The van der Waals surface area contributed by atoms with Crippen molar-refractivity contribution in [3.63, 3.8) is 0 Å². The van der Waals surface area contributed by atoms with E-state index >= 15 is 0 Å². The number of hydrogen-bond donors (Lipinski definition) is 1. The fourth-order valence-electron chi connectivity index (χ4n) is 2.48. The summed E-state index contributed by atoms with van der Waals surface area (Å²) >= 11 is 0. The van der Waals surface area contributed by atoms with Gasteiger partial charge in [0.1, 0.15) is 12.7 Å². The normalized spacial score (nSPS) is 18.5. The minimum Gasteiger partial charge on any atom is -0.329 e. The number of benzene rings is 1. The van der Waals surface area contributed by atoms with Crippen molar-refractivity contribution >= 4 is 17.8 Å². The maximum absolute atomic E-state index is 13.3. The molecule has 7 heteroatoms. The smallest absolute Gasteiger partial charge is 0.254 e. The van der Waals surface area contributed by atoms with E-state index < -0.39 is 12.1 Å². The molecule has 2 aromatic rings. The highest BCUT2D eigenvalue weighted by Gasteiger charge is 2.40. The number of anilines is 1. The number of rotatable bonds is 6. The highest BCUT2D eigenvalue weighted by atomic mass is 19.1. The van der Waals surface area contributed by atoms with Crippen LogP contribution < -0.4 is 5.32 Å². The highest BCUT2D eigenvalue weighted by Crippen LogP contribution is 2.34. The minimum atomic E-state index is -0.895. The van der Waals surface area contributed by atoms with Gasteiger partial charge < -0.3 is 4.90 Å². The Morgan fingerprint density at radius 3 is 2.48 bits per heavy atom. The largest absolute Gasteiger partial charge is 0.329 e. The van der Waals surface area contributed by atoms with Gasteiger partial charge in [0.15, 0.2) is 0 Å². The van der Waals surface area contributed by atoms with Crippen LogP contribution in [0.25, 0.3) is 0 Å². The zero-order valence-electron chi connectivity index (χ0n) is 13.9. The first kappa shape index (κ1) is 17.0. The summed E-state index contributed by atoms with van der Waals surface area (Å²) in [6.07, 6.45) is 2.56. The van der Waals surface area contributed by atoms with Gasteiger partial charge in [0, 0.05) is 30.4 Å². The number of nitrogens with zero attached hydrogens (tertiary/aromatic N) is 3. The van der Waals surface area contributed by atoms with E-state index in [-0.39, 0.29) is 30.9 Å². The third-order valence-electron chi connectivity index (χ3n) is 4.03. The second kappa shape index (κ2) is 7.38. The van der Waals surface area contributed by atoms with E-state index in [9.17, 15) is 14.0 Å². The Balaban J connectivity index is 1.69. The van der Waals surface area contributed by atoms with Crippen molar-refractivity contribution in [1.82, 2.24) is 14.9 Å². The molecule has 1 saturated carbocycles. The number of aryl methyl sites for hydroxylation is 1. The molecule has 2 unspecified atom stereocenters. The number of carbonyl (C=O) groups is 2. The summed E-state index contributed by atoms with van der Waals surface area (Å²) in [6, 6.07) is 8.72. The average Bonchev–Trinajstić information content (AvgIpc) is 3.30. The molecular weight excluding hydrogens is 323 g/mol. The number of aromatic nitrogens is 2. The second-order valence-corrected chi connectivity index (χ2v) is 6.18. The van der Waals surface area contributed by atoms with Crippen LogP contribution in [0.5, 0.6) is 0 Å². The predicted molar refractivity (Wildman–Crippen MR) is 90.7 cm³/mol. The summed E-state index contributed by atoms with van der Waals surface area (Å²) in [6.45, 7) is 1.97. The first-order chi connectivity index (χ1) is 12.0. The quantitative estimate of drug-likeness (QED) is 0.873. The van der Waals surface area contributed by atoms with Gasteiger partial charge in [-0.3, -0.25) is 14.9 Å². The summed E-state index contributed by atoms with van der Waals surface area (Å²) < 4.78 is 13.3. The third-order valence-corrected chi connectivity index (χ3v) is 4.03. The lowest BCUT2D eigenvalue weighted by Gasteiger charge is -2.22. The Kier molecular flexibility index (Phi) is 5.02. The zero-order chi connectivity index (χ0) is 17.8. The molecule has 1 fully saturated rings. The van der Waals surface area contributed by atoms with Gasteiger partial charge in [0.2, 0.25) is 11.9 Å². The van der Waals surface area contributed by atoms with Crippen LogP contribution in [0.15, 0.2) is 42.7 Å². The van der Waals surface area contributed by atoms with Crippen molar-refractivity contribution in [3.8, 4) is 0 Å². The summed E-state index contributed by atoms with van der Waals surface area (Å²) in [7, 11) is 0. The Morgan fingerprint density at radius 2 is 1.88 bits per heavy atom. The average molecular weight is 342 g/mol. The first-order valence-electron chi connectivity index (χ1n) is 8.10. The molecule has 1 aliphatic carbocycles. The molecule has 1 N–H and O–H groups in total. The van der Waals surface area contributed by atoms with Gasteiger partial charge in [-0.1, -0.05) is 17.7 Å². The molecule has 0 saturated heterocycles. The van der Waals surface area contributed by atoms with E-state index in [1.807, 2.05) is 19.1 Å². The third kappa shape index (κ3) is 4.59. The lowest BCUT2D eigenvalue weighted by Crippen LogP contribution is -2.39. The Bertz CT molecular complexity index is 751. The molecule has 1 aromatic carbocycles. The summed E-state index contributed by atoms with van der Waals surface area (Å²) in [4.78, 5) is 34.1. The van der Waals surface area contributed by atoms with Crippen molar-refractivity contribution in [1.29, 1.82) is 0 Å². The van der Waals surface area contributed by atoms with E-state index in [1.165, 1.54) is 17.3 Å². The molecule has 6 nitrogen and oxygen atoms in total. The fraction of sp³-hybridized carbons (Fsp3) is 0.333. The van der Waals surface area contributed by atoms with Crippen LogP contribution in [0.3, 0.4) is 0 Å². The zero-order valence-corrected chi connectivity index (χ0v) is 13.9. The SMILES string of the molecule is Cc1ccc(C(=O)N(CC(=O)Nc2ncccn2)CC2CC2F)cc1. The van der Waals surface area contributed by atoms with Gasteiger partial charge in [-0.15, -0.1) is 0 Å². The molecule has 0 radical (unpaired) electrons. The molecule has 1 aliphatic rings. The summed E-state index contributed by atoms with van der Waals surface area (Å²) in [5.41, 5.74) is 1.51. The van der Waals surface area contributed by atoms with E-state index in [0.29, 0.717) is 12.0 Å². The van der Waals surface area contributed by atoms with Crippen molar-refractivity contribution < 1.29 is 14.0 Å². The monoisotopic (exact) mass is 342 g/mol. The van der Waals surface area contributed by atoms with Gasteiger partial charge >= 0.3 is 0 Å². The lowest BCUT2D eigenvalue weighted by molar-refractivity contribution is -0.117. The van der Waals surface area contributed by atoms with Crippen LogP contribution in [0.4, 0.5) is 10.3 Å². The molecule has 3 rings (SSSR count). The number of nitrogens with one attached hydrogen (secondary N) is 1. The van der Waals surface area contributed by atoms with Gasteiger partial charge in [-0.25, -0.2) is 14.4 Å². The molecule has 0 bridgehead atoms. The van der Waals surface area contributed by atoms with Gasteiger partial charge in [-0.05, 0) is 31.5 Å². The van der Waals surface area contributed by atoms with Gasteiger partial charge in [0.25, 0.3) is 5.91 Å². The lowest BCUT2D eigenvalue weighted by atomic mass is 10.1. The second-order valence-electron chi connectivity index (χ2n) is 6.18. The number of carbonyl (C=O) groups excluding carboxylic acids is 2. The molecule has 25 heavy (non-hydrogen) atoms. The molecule has 2 amide bonds. The van der Waals surface area contributed by atoms with Crippen LogP contribution in [0.2, 0.25) is 0 Å². The Morgan fingerprint density at radius 1 is 1.24 bits per heavy atom. The molecule has 1 heterocycles. The van der Waals surface area contributed by atoms with Crippen LogP contribution in [0, 0.1) is 12.8 Å². The van der Waals surface area contributed by atoms with Crippen LogP contribution in [0.1, 0.15) is 22.3 Å². The van der Waals surface area contributed by atoms with E-state index in [4.69, 9.17) is 0 Å². The summed E-state index contributed by atoms with van der Waals surface area (Å²) in [5, 5.41) is 2.54. The van der Waals surface area contributed by atoms with Gasteiger partial charge in [0.05, 0.1) is 0 Å². The molecule has 1 aromatic heterocycles. The van der Waals surface area contributed by atoms with Crippen molar-refractivity contribution in [2.24, 2.45) is 5.92 Å². The number of amides is 2. The highest BCUT2D eigenvalue weighted by molar-refractivity contribution is 5.98. The van der Waals surface area contributed by atoms with E-state index in [2.05, 4.69) is 15.3 Å². The molecule has 0 aliphatic heterocycles. The Labute approximate surface area is 145 Å². The molecular formula is C18H19FN4O2. The Hall–Kier alpha value is -2.83. The number of hydrogen-bond acceptors (Lipinski definition) is 4. The minimum absolute atomic E-state index is 0.171.